The standard InChI is InChI=1S/C15H18NO4P.C2H6/c1-9(19-14(17)3-2-6-21)12-8-15(18)20-13-7-10(16)4-5-11(12)13;1-2/h4-5,7-9H,2-3,6,16,21H2,1H3;1-2H3. The van der Waals surface area contributed by atoms with Gasteiger partial charge in [-0.2, -0.15) is 0 Å². The van der Waals surface area contributed by atoms with Gasteiger partial charge in [-0.15, -0.1) is 9.24 Å². The third kappa shape index (κ3) is 5.36. The maximum Gasteiger partial charge on any atom is 0.336 e. The fourth-order valence-corrected chi connectivity index (χ4v) is 2.31. The summed E-state index contributed by atoms with van der Waals surface area (Å²) >= 11 is 0. The second-order valence-corrected chi connectivity index (χ2v) is 5.38. The van der Waals surface area contributed by atoms with Crippen molar-refractivity contribution < 1.29 is 13.9 Å². The zero-order valence-corrected chi connectivity index (χ0v) is 15.0. The van der Waals surface area contributed by atoms with Crippen LogP contribution in [0.2, 0.25) is 0 Å². The third-order valence-corrected chi connectivity index (χ3v) is 3.54. The Morgan fingerprint density at radius 2 is 2.04 bits per heavy atom. The minimum Gasteiger partial charge on any atom is -0.458 e. The molecule has 1 aromatic carbocycles. The van der Waals surface area contributed by atoms with Crippen molar-refractivity contribution in [2.24, 2.45) is 0 Å². The zero-order chi connectivity index (χ0) is 17.4. The van der Waals surface area contributed by atoms with Crippen LogP contribution in [0.25, 0.3) is 11.0 Å². The molecule has 2 aromatic rings. The number of carbonyl (C=O) groups excluding carboxylic acids is 1. The van der Waals surface area contributed by atoms with E-state index in [1.54, 1.807) is 25.1 Å². The van der Waals surface area contributed by atoms with Crippen LogP contribution in [0.15, 0.2) is 33.5 Å². The van der Waals surface area contributed by atoms with E-state index in [4.69, 9.17) is 14.9 Å². The molecule has 0 amide bonds. The van der Waals surface area contributed by atoms with Crippen molar-refractivity contribution in [1.82, 2.24) is 0 Å². The molecule has 6 heteroatoms. The summed E-state index contributed by atoms with van der Waals surface area (Å²) in [6.07, 6.45) is 1.45. The first-order valence-electron chi connectivity index (χ1n) is 7.74. The molecule has 0 saturated carbocycles. The van der Waals surface area contributed by atoms with Crippen molar-refractivity contribution in [3.8, 4) is 0 Å². The van der Waals surface area contributed by atoms with Crippen molar-refractivity contribution >= 4 is 31.9 Å². The van der Waals surface area contributed by atoms with Crippen LogP contribution in [0.1, 0.15) is 45.3 Å². The van der Waals surface area contributed by atoms with E-state index in [0.29, 0.717) is 23.3 Å². The first kappa shape index (κ1) is 19.2. The summed E-state index contributed by atoms with van der Waals surface area (Å²) in [5.41, 5.74) is 6.72. The summed E-state index contributed by atoms with van der Waals surface area (Å²) in [5, 5.41) is 0.718. The van der Waals surface area contributed by atoms with Crippen LogP contribution in [-0.4, -0.2) is 12.1 Å². The maximum atomic E-state index is 11.7. The Bertz CT molecular complexity index is 711. The normalized spacial score (nSPS) is 11.5. The molecule has 2 N–H and O–H groups in total. The van der Waals surface area contributed by atoms with E-state index in [0.717, 1.165) is 18.0 Å². The predicted octanol–water partition coefficient (Wildman–Crippen LogP) is 3.66. The molecule has 23 heavy (non-hydrogen) atoms. The van der Waals surface area contributed by atoms with Crippen LogP contribution < -0.4 is 11.4 Å². The molecular weight excluding hydrogens is 313 g/mol. The van der Waals surface area contributed by atoms with Crippen LogP contribution in [0, 0.1) is 0 Å². The van der Waals surface area contributed by atoms with Crippen molar-refractivity contribution in [2.45, 2.75) is 39.7 Å². The van der Waals surface area contributed by atoms with Gasteiger partial charge in [-0.05, 0) is 31.6 Å². The minimum absolute atomic E-state index is 0.276. The van der Waals surface area contributed by atoms with Crippen molar-refractivity contribution in [2.75, 3.05) is 11.9 Å². The van der Waals surface area contributed by atoms with Crippen LogP contribution in [0.5, 0.6) is 0 Å². The maximum absolute atomic E-state index is 11.7. The highest BCUT2D eigenvalue weighted by Crippen LogP contribution is 2.26. The van der Waals surface area contributed by atoms with Gasteiger partial charge in [0.15, 0.2) is 0 Å². The number of hydrogen-bond acceptors (Lipinski definition) is 5. The number of anilines is 1. The number of nitrogen functional groups attached to an aromatic ring is 1. The Morgan fingerprint density at radius 3 is 2.70 bits per heavy atom. The molecule has 5 nitrogen and oxygen atoms in total. The fourth-order valence-electron chi connectivity index (χ4n) is 2.11. The number of rotatable bonds is 5. The monoisotopic (exact) mass is 337 g/mol. The Hall–Kier alpha value is -1.87. The zero-order valence-electron chi connectivity index (χ0n) is 13.8. The van der Waals surface area contributed by atoms with Gasteiger partial charge in [-0.25, -0.2) is 4.79 Å². The van der Waals surface area contributed by atoms with Crippen molar-refractivity contribution in [1.29, 1.82) is 0 Å². The molecule has 1 heterocycles. The lowest BCUT2D eigenvalue weighted by Crippen LogP contribution is -2.11. The number of nitrogens with two attached hydrogens (primary N) is 1. The molecule has 0 aliphatic heterocycles. The first-order chi connectivity index (χ1) is 11.0. The SMILES string of the molecule is CC.CC(OC(=O)CCCP)c1cc(=O)oc2cc(N)ccc12. The van der Waals surface area contributed by atoms with Gasteiger partial charge >= 0.3 is 11.6 Å². The van der Waals surface area contributed by atoms with E-state index < -0.39 is 11.7 Å². The van der Waals surface area contributed by atoms with Gasteiger partial charge in [-0.3, -0.25) is 4.79 Å². The fraction of sp³-hybridized carbons (Fsp3) is 0.412. The molecule has 0 saturated heterocycles. The first-order valence-corrected chi connectivity index (χ1v) is 8.55. The number of fused-ring (bicyclic) bond motifs is 1. The average Bonchev–Trinajstić information content (AvgIpc) is 2.53. The summed E-state index contributed by atoms with van der Waals surface area (Å²) in [6.45, 7) is 5.74. The van der Waals surface area contributed by atoms with Gasteiger partial charge in [0.05, 0.1) is 0 Å². The number of esters is 1. The number of carbonyl (C=O) groups is 1. The molecule has 0 aliphatic carbocycles. The molecular formula is C17H24NO4P. The molecule has 0 aliphatic rings. The van der Waals surface area contributed by atoms with Gasteiger partial charge in [-0.1, -0.05) is 13.8 Å². The van der Waals surface area contributed by atoms with Gasteiger partial charge in [0.25, 0.3) is 0 Å². The average molecular weight is 337 g/mol. The third-order valence-electron chi connectivity index (χ3n) is 3.13. The topological polar surface area (TPSA) is 82.5 Å². The molecule has 2 unspecified atom stereocenters. The predicted molar refractivity (Wildman–Crippen MR) is 96.6 cm³/mol. The van der Waals surface area contributed by atoms with Crippen LogP contribution in [-0.2, 0) is 9.53 Å². The highest BCUT2D eigenvalue weighted by atomic mass is 31.0. The van der Waals surface area contributed by atoms with Crippen LogP contribution in [0.4, 0.5) is 5.69 Å². The summed E-state index contributed by atoms with van der Waals surface area (Å²) in [4.78, 5) is 23.3. The minimum atomic E-state index is -0.516. The second kappa shape index (κ2) is 9.31. The smallest absolute Gasteiger partial charge is 0.336 e. The van der Waals surface area contributed by atoms with Gasteiger partial charge in [0.1, 0.15) is 11.7 Å². The molecule has 0 bridgehead atoms. The van der Waals surface area contributed by atoms with E-state index in [1.807, 2.05) is 13.8 Å². The summed E-state index contributed by atoms with van der Waals surface area (Å²) in [5.74, 6) is -0.276. The van der Waals surface area contributed by atoms with E-state index in [2.05, 4.69) is 9.24 Å². The molecule has 2 atom stereocenters. The lowest BCUT2D eigenvalue weighted by atomic mass is 10.1. The van der Waals surface area contributed by atoms with Gasteiger partial charge < -0.3 is 14.9 Å². The largest absolute Gasteiger partial charge is 0.458 e. The quantitative estimate of drug-likeness (QED) is 0.390. The van der Waals surface area contributed by atoms with E-state index in [9.17, 15) is 9.59 Å². The molecule has 2 rings (SSSR count). The number of ether oxygens (including phenoxy) is 1. The van der Waals surface area contributed by atoms with Crippen molar-refractivity contribution in [3.63, 3.8) is 0 Å². The summed E-state index contributed by atoms with van der Waals surface area (Å²) in [6, 6.07) is 6.42. The van der Waals surface area contributed by atoms with E-state index >= 15 is 0 Å². The lowest BCUT2D eigenvalue weighted by molar-refractivity contribution is -0.148. The highest BCUT2D eigenvalue weighted by Gasteiger charge is 2.16. The molecule has 0 spiro atoms. The summed E-state index contributed by atoms with van der Waals surface area (Å²) in [7, 11) is 2.57. The summed E-state index contributed by atoms with van der Waals surface area (Å²) < 4.78 is 10.5. The Kier molecular flexibility index (Phi) is 7.76. The Labute approximate surface area is 138 Å². The number of benzene rings is 1. The molecule has 126 valence electrons. The molecule has 0 fully saturated rings. The van der Waals surface area contributed by atoms with E-state index in [-0.39, 0.29) is 5.97 Å². The molecule has 0 radical (unpaired) electrons. The van der Waals surface area contributed by atoms with Crippen LogP contribution in [0.3, 0.4) is 0 Å². The van der Waals surface area contributed by atoms with E-state index in [1.165, 1.54) is 6.07 Å². The molecule has 1 aromatic heterocycles. The lowest BCUT2D eigenvalue weighted by Gasteiger charge is -2.15. The van der Waals surface area contributed by atoms with Gasteiger partial charge in [0, 0.05) is 35.2 Å². The van der Waals surface area contributed by atoms with Crippen molar-refractivity contribution in [3.05, 3.63) is 40.2 Å². The Balaban J connectivity index is 0.00000127. The second-order valence-electron chi connectivity index (χ2n) is 4.80. The Morgan fingerprint density at radius 1 is 1.35 bits per heavy atom. The van der Waals surface area contributed by atoms with Crippen LogP contribution >= 0.6 is 9.24 Å². The van der Waals surface area contributed by atoms with Gasteiger partial charge in [0.2, 0.25) is 0 Å². The number of hydrogen-bond donors (Lipinski definition) is 1. The highest BCUT2D eigenvalue weighted by molar-refractivity contribution is 7.16.